The number of hydrogen-bond acceptors (Lipinski definition) is 3. The van der Waals surface area contributed by atoms with Gasteiger partial charge in [-0.25, -0.2) is 0 Å². The molecule has 0 bridgehead atoms. The van der Waals surface area contributed by atoms with Crippen LogP contribution in [0.1, 0.15) is 35.0 Å². The summed E-state index contributed by atoms with van der Waals surface area (Å²) in [6.45, 7) is 4.02. The lowest BCUT2D eigenvalue weighted by Crippen LogP contribution is -2.34. The fraction of sp³-hybridized carbons (Fsp3) is 0.294. The van der Waals surface area contributed by atoms with Crippen LogP contribution in [0.2, 0.25) is 0 Å². The third kappa shape index (κ3) is 3.36. The molecular weight excluding hydrogens is 282 g/mol. The van der Waals surface area contributed by atoms with Crippen molar-refractivity contribution >= 4 is 17.6 Å². The molecule has 1 heterocycles. The van der Waals surface area contributed by atoms with E-state index in [0.29, 0.717) is 0 Å². The summed E-state index contributed by atoms with van der Waals surface area (Å²) in [6.07, 6.45) is 2.07. The number of benzene rings is 1. The van der Waals surface area contributed by atoms with Crippen LogP contribution in [0.3, 0.4) is 0 Å². The molecule has 1 amide bonds. The standard InChI is InChI=1S/C17H19NO4/c1-3-13-7-4-6-12(2)16(13)18(10-9-15(19)20)17(21)14-8-5-11-22-14/h4-8,11H,3,9-10H2,1-2H3,(H,19,20). The van der Waals surface area contributed by atoms with E-state index < -0.39 is 5.97 Å². The summed E-state index contributed by atoms with van der Waals surface area (Å²) in [7, 11) is 0. The lowest BCUT2D eigenvalue weighted by atomic mass is 10.0. The first-order chi connectivity index (χ1) is 10.5. The molecule has 1 aromatic carbocycles. The van der Waals surface area contributed by atoms with Crippen molar-refractivity contribution in [3.8, 4) is 0 Å². The number of para-hydroxylation sites is 1. The van der Waals surface area contributed by atoms with Crippen LogP contribution in [0.15, 0.2) is 41.0 Å². The van der Waals surface area contributed by atoms with E-state index in [4.69, 9.17) is 9.52 Å². The second-order valence-electron chi connectivity index (χ2n) is 5.01. The van der Waals surface area contributed by atoms with E-state index in [-0.39, 0.29) is 24.6 Å². The van der Waals surface area contributed by atoms with Gasteiger partial charge in [-0.05, 0) is 36.6 Å². The SMILES string of the molecule is CCc1cccc(C)c1N(CCC(=O)O)C(=O)c1ccco1. The molecular formula is C17H19NO4. The van der Waals surface area contributed by atoms with Gasteiger partial charge in [-0.2, -0.15) is 0 Å². The van der Waals surface area contributed by atoms with Crippen molar-refractivity contribution in [1.29, 1.82) is 0 Å². The number of furan rings is 1. The smallest absolute Gasteiger partial charge is 0.305 e. The average Bonchev–Trinajstić information content (AvgIpc) is 3.02. The predicted octanol–water partition coefficient (Wildman–Crippen LogP) is 3.27. The summed E-state index contributed by atoms with van der Waals surface area (Å²) < 4.78 is 5.18. The van der Waals surface area contributed by atoms with Gasteiger partial charge in [0.05, 0.1) is 18.4 Å². The minimum absolute atomic E-state index is 0.104. The Hall–Kier alpha value is -2.56. The van der Waals surface area contributed by atoms with Crippen molar-refractivity contribution in [2.24, 2.45) is 0 Å². The van der Waals surface area contributed by atoms with Crippen LogP contribution in [0, 0.1) is 6.92 Å². The number of carboxylic acid groups (broad SMARTS) is 1. The third-order valence-electron chi connectivity index (χ3n) is 3.50. The van der Waals surface area contributed by atoms with Gasteiger partial charge in [0.15, 0.2) is 5.76 Å². The quantitative estimate of drug-likeness (QED) is 0.889. The van der Waals surface area contributed by atoms with Gasteiger partial charge in [0, 0.05) is 6.54 Å². The number of amides is 1. The van der Waals surface area contributed by atoms with E-state index in [2.05, 4.69) is 0 Å². The van der Waals surface area contributed by atoms with Crippen molar-refractivity contribution in [1.82, 2.24) is 0 Å². The van der Waals surface area contributed by atoms with E-state index in [1.54, 1.807) is 12.1 Å². The molecule has 0 radical (unpaired) electrons. The Balaban J connectivity index is 2.44. The summed E-state index contributed by atoms with van der Waals surface area (Å²) >= 11 is 0. The van der Waals surface area contributed by atoms with Crippen LogP contribution < -0.4 is 4.90 Å². The second-order valence-corrected chi connectivity index (χ2v) is 5.01. The fourth-order valence-electron chi connectivity index (χ4n) is 2.45. The largest absolute Gasteiger partial charge is 0.481 e. The summed E-state index contributed by atoms with van der Waals surface area (Å²) in [5, 5.41) is 8.96. The Morgan fingerprint density at radius 2 is 2.00 bits per heavy atom. The van der Waals surface area contributed by atoms with Crippen molar-refractivity contribution in [3.05, 3.63) is 53.5 Å². The number of carbonyl (C=O) groups is 2. The number of nitrogens with zero attached hydrogens (tertiary/aromatic N) is 1. The van der Waals surface area contributed by atoms with Gasteiger partial charge in [-0.1, -0.05) is 25.1 Å². The maximum Gasteiger partial charge on any atom is 0.305 e. The molecule has 116 valence electrons. The van der Waals surface area contributed by atoms with Crippen molar-refractivity contribution in [2.45, 2.75) is 26.7 Å². The van der Waals surface area contributed by atoms with E-state index in [0.717, 1.165) is 23.2 Å². The van der Waals surface area contributed by atoms with Gasteiger partial charge in [0.2, 0.25) is 0 Å². The number of rotatable bonds is 6. The van der Waals surface area contributed by atoms with Crippen LogP contribution in [-0.4, -0.2) is 23.5 Å². The van der Waals surface area contributed by atoms with Gasteiger partial charge in [0.25, 0.3) is 5.91 Å². The minimum Gasteiger partial charge on any atom is -0.481 e. The zero-order valence-electron chi connectivity index (χ0n) is 12.7. The molecule has 0 aliphatic carbocycles. The normalized spacial score (nSPS) is 10.5. The molecule has 0 saturated carbocycles. The van der Waals surface area contributed by atoms with Crippen molar-refractivity contribution in [2.75, 3.05) is 11.4 Å². The fourth-order valence-corrected chi connectivity index (χ4v) is 2.45. The van der Waals surface area contributed by atoms with Crippen LogP contribution in [0.4, 0.5) is 5.69 Å². The van der Waals surface area contributed by atoms with Crippen molar-refractivity contribution < 1.29 is 19.1 Å². The van der Waals surface area contributed by atoms with Gasteiger partial charge in [0.1, 0.15) is 0 Å². The topological polar surface area (TPSA) is 70.8 Å². The summed E-state index contributed by atoms with van der Waals surface area (Å²) in [4.78, 5) is 25.1. The highest BCUT2D eigenvalue weighted by atomic mass is 16.4. The average molecular weight is 301 g/mol. The molecule has 0 saturated heterocycles. The number of hydrogen-bond donors (Lipinski definition) is 1. The number of aryl methyl sites for hydroxylation is 2. The molecule has 1 aromatic heterocycles. The summed E-state index contributed by atoms with van der Waals surface area (Å²) in [6, 6.07) is 9.02. The zero-order chi connectivity index (χ0) is 16.1. The van der Waals surface area contributed by atoms with Crippen LogP contribution >= 0.6 is 0 Å². The zero-order valence-corrected chi connectivity index (χ0v) is 12.7. The lowest BCUT2D eigenvalue weighted by Gasteiger charge is -2.25. The summed E-state index contributed by atoms with van der Waals surface area (Å²) in [5.41, 5.74) is 2.71. The number of carboxylic acids is 1. The molecule has 0 fully saturated rings. The highest BCUT2D eigenvalue weighted by molar-refractivity contribution is 6.05. The second kappa shape index (κ2) is 6.93. The molecule has 5 nitrogen and oxygen atoms in total. The molecule has 0 aliphatic heterocycles. The Morgan fingerprint density at radius 1 is 1.23 bits per heavy atom. The highest BCUT2D eigenvalue weighted by Crippen LogP contribution is 2.27. The maximum absolute atomic E-state index is 12.7. The van der Waals surface area contributed by atoms with E-state index in [1.807, 2.05) is 32.0 Å². The van der Waals surface area contributed by atoms with Gasteiger partial charge < -0.3 is 14.4 Å². The molecule has 5 heteroatoms. The van der Waals surface area contributed by atoms with Gasteiger partial charge in [-0.15, -0.1) is 0 Å². The first-order valence-corrected chi connectivity index (χ1v) is 7.20. The molecule has 0 unspecified atom stereocenters. The molecule has 0 spiro atoms. The maximum atomic E-state index is 12.7. The molecule has 2 rings (SSSR count). The van der Waals surface area contributed by atoms with E-state index in [1.165, 1.54) is 11.2 Å². The van der Waals surface area contributed by atoms with Crippen molar-refractivity contribution in [3.63, 3.8) is 0 Å². The van der Waals surface area contributed by atoms with Crippen LogP contribution in [0.5, 0.6) is 0 Å². The molecule has 2 aromatic rings. The Labute approximate surface area is 129 Å². The molecule has 22 heavy (non-hydrogen) atoms. The summed E-state index contributed by atoms with van der Waals surface area (Å²) in [5.74, 6) is -1.06. The number of aliphatic carboxylic acids is 1. The Bertz CT molecular complexity index is 661. The lowest BCUT2D eigenvalue weighted by molar-refractivity contribution is -0.136. The third-order valence-corrected chi connectivity index (χ3v) is 3.50. The molecule has 0 aliphatic rings. The van der Waals surface area contributed by atoms with Crippen LogP contribution in [-0.2, 0) is 11.2 Å². The number of anilines is 1. The number of carbonyl (C=O) groups excluding carboxylic acids is 1. The minimum atomic E-state index is -0.941. The van der Waals surface area contributed by atoms with E-state index >= 15 is 0 Å². The van der Waals surface area contributed by atoms with Gasteiger partial charge >= 0.3 is 5.97 Å². The molecule has 1 N–H and O–H groups in total. The highest BCUT2D eigenvalue weighted by Gasteiger charge is 2.24. The Morgan fingerprint density at radius 3 is 2.59 bits per heavy atom. The monoisotopic (exact) mass is 301 g/mol. The first kappa shape index (κ1) is 15.8. The molecule has 0 atom stereocenters. The first-order valence-electron chi connectivity index (χ1n) is 7.20. The van der Waals surface area contributed by atoms with E-state index in [9.17, 15) is 9.59 Å². The predicted molar refractivity (Wildman–Crippen MR) is 83.2 cm³/mol. The van der Waals surface area contributed by atoms with Crippen LogP contribution in [0.25, 0.3) is 0 Å². The Kier molecular flexibility index (Phi) is 4.99. The van der Waals surface area contributed by atoms with Gasteiger partial charge in [-0.3, -0.25) is 9.59 Å².